The maximum absolute atomic E-state index is 13.5. The van der Waals surface area contributed by atoms with Crippen molar-refractivity contribution in [3.63, 3.8) is 0 Å². The number of aryl methyl sites for hydroxylation is 6. The number of carboxylic acid groups (broad SMARTS) is 1. The quantitative estimate of drug-likeness (QED) is 0.0692. The van der Waals surface area contributed by atoms with E-state index < -0.39 is 41.2 Å². The summed E-state index contributed by atoms with van der Waals surface area (Å²) in [6.07, 6.45) is 6.11. The Balaban J connectivity index is 0.000000160. The van der Waals surface area contributed by atoms with Crippen molar-refractivity contribution in [2.75, 3.05) is 0 Å². The molecule has 5 aromatic heterocycles. The monoisotopic (exact) mass is 1280 g/mol. The Morgan fingerprint density at radius 2 is 0.872 bits per heavy atom. The molecule has 0 bridgehead atoms. The lowest BCUT2D eigenvalue weighted by Gasteiger charge is -2.14. The largest absolute Gasteiger partial charge is 0.477 e. The number of hydrogen-bond donors (Lipinski definition) is 7. The topological polar surface area (TPSA) is 376 Å². The number of aromatic amines is 1. The van der Waals surface area contributed by atoms with Crippen LogP contribution in [0.15, 0.2) is 138 Å². The van der Waals surface area contributed by atoms with Gasteiger partial charge in [0.1, 0.15) is 64.9 Å². The minimum atomic E-state index is -1.24. The van der Waals surface area contributed by atoms with Crippen molar-refractivity contribution in [1.82, 2.24) is 96.5 Å². The van der Waals surface area contributed by atoms with Crippen LogP contribution in [0.5, 0.6) is 0 Å². The van der Waals surface area contributed by atoms with Crippen LogP contribution < -0.4 is 38.0 Å². The SMILES string of the molecule is Cc1cc(CNC(=O)c2cc(C(=O)N[C@H]3CCc4cc(-n5nn[nH]c5=O)ccc43)ncn2)ccc1F.Cc1cc(CNC(=O)c2cc(C(=O)N[C@H]3CCc4cc(-n5nnn(C)c5=O)ccc43)ncn2)ccc1F.Cc1cc(CNC(=O)c2cc(C(=O)O)ncn2)ccc1F. The number of nitrogens with one attached hydrogen (secondary N) is 6. The molecule has 0 saturated heterocycles. The van der Waals surface area contributed by atoms with Crippen LogP contribution in [0.4, 0.5) is 13.2 Å². The van der Waals surface area contributed by atoms with Crippen molar-refractivity contribution >= 4 is 35.5 Å². The fourth-order valence-electron chi connectivity index (χ4n) is 10.2. The van der Waals surface area contributed by atoms with Crippen molar-refractivity contribution in [3.8, 4) is 11.4 Å². The highest BCUT2D eigenvalue weighted by molar-refractivity contribution is 5.98. The third-order valence-corrected chi connectivity index (χ3v) is 15.1. The first kappa shape index (κ1) is 64.7. The number of amides is 5. The number of nitrogens with zero attached hydrogens (tertiary/aromatic N) is 13. The van der Waals surface area contributed by atoms with Gasteiger partial charge < -0.3 is 31.7 Å². The minimum absolute atomic E-state index is 0.0405. The summed E-state index contributed by atoms with van der Waals surface area (Å²) < 4.78 is 43.5. The third-order valence-electron chi connectivity index (χ3n) is 15.1. The third kappa shape index (κ3) is 15.5. The highest BCUT2D eigenvalue weighted by Gasteiger charge is 2.28. The van der Waals surface area contributed by atoms with Crippen LogP contribution >= 0.6 is 0 Å². The first-order chi connectivity index (χ1) is 45.2. The Kier molecular flexibility index (Phi) is 19.7. The first-order valence-electron chi connectivity index (χ1n) is 28.8. The summed E-state index contributed by atoms with van der Waals surface area (Å²) in [6.45, 7) is 5.49. The molecule has 5 aromatic carbocycles. The van der Waals surface area contributed by atoms with E-state index in [-0.39, 0.29) is 89.0 Å². The van der Waals surface area contributed by atoms with Gasteiger partial charge in [-0.3, -0.25) is 24.0 Å². The number of halogens is 3. The zero-order valence-electron chi connectivity index (χ0n) is 50.4. The van der Waals surface area contributed by atoms with Crippen LogP contribution in [-0.4, -0.2) is 111 Å². The zero-order chi connectivity index (χ0) is 66.7. The number of rotatable bonds is 16. The lowest BCUT2D eigenvalue weighted by Crippen LogP contribution is -2.29. The van der Waals surface area contributed by atoms with Gasteiger partial charge in [-0.15, -0.1) is 0 Å². The summed E-state index contributed by atoms with van der Waals surface area (Å²) in [5.41, 5.74) is 7.86. The molecule has 0 spiro atoms. The fraction of sp³-hybridized carbons (Fsp3) is 0.206. The molecule has 2 atom stereocenters. The van der Waals surface area contributed by atoms with E-state index in [4.69, 9.17) is 5.11 Å². The number of carbonyl (C=O) groups is 6. The van der Waals surface area contributed by atoms with E-state index in [1.807, 2.05) is 24.3 Å². The normalized spacial score (nSPS) is 13.4. The molecule has 12 rings (SSSR count). The molecule has 0 fully saturated rings. The van der Waals surface area contributed by atoms with Gasteiger partial charge in [0.05, 0.1) is 23.5 Å². The van der Waals surface area contributed by atoms with E-state index in [1.54, 1.807) is 69.3 Å². The standard InChI is InChI=1S/C25H23FN8O3.C24H21FN8O3.C14H12FN3O3/c1-14-9-15(3-7-19(14)26)12-27-23(35)21-11-22(29-13-28-21)24(36)30-20-8-4-16-10-17(5-6-18(16)20)34-25(37)33(2)31-32-34;1-13-8-14(2-6-18(13)25)11-26-22(34)20-10-21(28-12-27-20)23(35)29-19-7-3-15-9-16(4-5-17(15)19)33-24(36)30-31-32-33;1-8-4-9(2-3-10(8)15)6-16-13(19)11-5-12(14(20)21)18-7-17-11/h3,5-7,9-11,13,20H,4,8,12H2,1-2H3,(H,27,35)(H,30,36);2,4-6,8-10,12,19H,3,7,11H2,1H3,(H,26,34)(H,29,35)(H,30,32,36);2-5,7H,6H2,1H3,(H,16,19)(H,20,21)/t20-;19-;/m00./s1. The molecule has 0 unspecified atom stereocenters. The molecule has 2 aliphatic carbocycles. The van der Waals surface area contributed by atoms with Crippen molar-refractivity contribution in [1.29, 1.82) is 0 Å². The van der Waals surface area contributed by atoms with Crippen LogP contribution in [0, 0.1) is 38.2 Å². The van der Waals surface area contributed by atoms with Crippen LogP contribution in [-0.2, 0) is 39.5 Å². The van der Waals surface area contributed by atoms with Crippen molar-refractivity contribution in [2.45, 2.75) is 78.2 Å². The highest BCUT2D eigenvalue weighted by atomic mass is 19.1. The van der Waals surface area contributed by atoms with Crippen LogP contribution in [0.3, 0.4) is 0 Å². The van der Waals surface area contributed by atoms with Gasteiger partial charge in [0.25, 0.3) is 29.5 Å². The number of H-pyrrole nitrogens is 1. The van der Waals surface area contributed by atoms with Crippen molar-refractivity contribution < 1.29 is 47.0 Å². The second-order valence-corrected chi connectivity index (χ2v) is 21.6. The van der Waals surface area contributed by atoms with Gasteiger partial charge in [-0.1, -0.05) is 48.5 Å². The number of hydrogen-bond acceptors (Lipinski definition) is 18. The number of carbonyl (C=O) groups excluding carboxylic acids is 5. The van der Waals surface area contributed by atoms with Gasteiger partial charge >= 0.3 is 17.3 Å². The Morgan fingerprint density at radius 1 is 0.489 bits per heavy atom. The number of benzene rings is 5. The summed E-state index contributed by atoms with van der Waals surface area (Å²) in [4.78, 5) is 121. The molecule has 478 valence electrons. The van der Waals surface area contributed by atoms with Crippen LogP contribution in [0.25, 0.3) is 11.4 Å². The number of aromatic nitrogens is 14. The molecule has 0 radical (unpaired) electrons. The van der Waals surface area contributed by atoms with Crippen molar-refractivity contribution in [3.05, 3.63) is 256 Å². The molecular weight excluding hydrogens is 1220 g/mol. The van der Waals surface area contributed by atoms with E-state index in [9.17, 15) is 51.5 Å². The summed E-state index contributed by atoms with van der Waals surface area (Å²) in [7, 11) is 1.53. The molecule has 28 nitrogen and oxygen atoms in total. The predicted molar refractivity (Wildman–Crippen MR) is 326 cm³/mol. The van der Waals surface area contributed by atoms with E-state index in [2.05, 4.69) is 82.4 Å². The lowest BCUT2D eigenvalue weighted by molar-refractivity contribution is 0.0688. The summed E-state index contributed by atoms with van der Waals surface area (Å²) >= 11 is 0. The molecule has 2 aliphatic rings. The summed E-state index contributed by atoms with van der Waals surface area (Å²) in [5, 5.41) is 39.8. The Labute approximate surface area is 530 Å². The smallest absolute Gasteiger partial charge is 0.368 e. The zero-order valence-corrected chi connectivity index (χ0v) is 50.4. The average Bonchev–Trinajstić information content (AvgIpc) is 1.66. The van der Waals surface area contributed by atoms with Gasteiger partial charge in [-0.05, 0) is 165 Å². The molecule has 94 heavy (non-hydrogen) atoms. The lowest BCUT2D eigenvalue weighted by atomic mass is 10.1. The maximum atomic E-state index is 13.5. The van der Waals surface area contributed by atoms with E-state index >= 15 is 0 Å². The number of fused-ring (bicyclic) bond motifs is 2. The van der Waals surface area contributed by atoms with E-state index in [0.29, 0.717) is 53.7 Å². The Bertz CT molecular complexity index is 4710. The molecule has 10 aromatic rings. The highest BCUT2D eigenvalue weighted by Crippen LogP contribution is 2.34. The van der Waals surface area contributed by atoms with Gasteiger partial charge in [-0.25, -0.2) is 62.6 Å². The van der Waals surface area contributed by atoms with Gasteiger partial charge in [0.15, 0.2) is 5.69 Å². The molecule has 7 N–H and O–H groups in total. The predicted octanol–water partition coefficient (Wildman–Crippen LogP) is 4.64. The fourth-order valence-corrected chi connectivity index (χ4v) is 10.2. The number of carboxylic acids is 1. The molecule has 31 heteroatoms. The molecule has 0 saturated carbocycles. The van der Waals surface area contributed by atoms with E-state index in [1.165, 1.54) is 48.4 Å². The Hall–Kier alpha value is -12.3. The summed E-state index contributed by atoms with van der Waals surface area (Å²) in [5.74, 6) is -4.52. The molecular formula is C63H56F3N19O9. The molecule has 0 aliphatic heterocycles. The van der Waals surface area contributed by atoms with Crippen LogP contribution in [0.1, 0.15) is 143 Å². The minimum Gasteiger partial charge on any atom is -0.477 e. The Morgan fingerprint density at radius 3 is 1.23 bits per heavy atom. The average molecular weight is 1280 g/mol. The van der Waals surface area contributed by atoms with Gasteiger partial charge in [-0.2, -0.15) is 14.0 Å². The second-order valence-electron chi connectivity index (χ2n) is 21.6. The number of tetrazole rings is 2. The molecule has 5 amide bonds. The van der Waals surface area contributed by atoms with E-state index in [0.717, 1.165) is 67.0 Å². The van der Waals surface area contributed by atoms with Crippen LogP contribution in [0.2, 0.25) is 0 Å². The summed E-state index contributed by atoms with van der Waals surface area (Å²) in [6, 6.07) is 27.9. The number of aromatic carboxylic acids is 1. The molecule has 5 heterocycles. The van der Waals surface area contributed by atoms with Gasteiger partial charge in [0, 0.05) is 44.9 Å². The first-order valence-corrected chi connectivity index (χ1v) is 28.8. The van der Waals surface area contributed by atoms with Crippen molar-refractivity contribution in [2.24, 2.45) is 7.05 Å². The van der Waals surface area contributed by atoms with Gasteiger partial charge in [0.2, 0.25) is 0 Å². The maximum Gasteiger partial charge on any atom is 0.368 e. The second kappa shape index (κ2) is 28.7.